The van der Waals surface area contributed by atoms with E-state index in [0.29, 0.717) is 28.2 Å². The summed E-state index contributed by atoms with van der Waals surface area (Å²) in [5.41, 5.74) is 1.60. The highest BCUT2D eigenvalue weighted by molar-refractivity contribution is 7.15. The van der Waals surface area contributed by atoms with Crippen LogP contribution in [-0.2, 0) is 11.2 Å². The Morgan fingerprint density at radius 1 is 1.21 bits per heavy atom. The number of ether oxygens (including phenoxy) is 1. The fraction of sp³-hybridized carbons (Fsp3) is 0.240. The molecular weight excluding hydrogens is 477 g/mol. The van der Waals surface area contributed by atoms with Gasteiger partial charge in [0.15, 0.2) is 5.13 Å². The fourth-order valence-electron chi connectivity index (χ4n) is 3.00. The van der Waals surface area contributed by atoms with Gasteiger partial charge in [-0.25, -0.2) is 4.98 Å². The maximum absolute atomic E-state index is 12.6. The van der Waals surface area contributed by atoms with Crippen molar-refractivity contribution in [3.05, 3.63) is 80.3 Å². The minimum absolute atomic E-state index is 0.0127. The van der Waals surface area contributed by atoms with Crippen molar-refractivity contribution in [1.29, 1.82) is 5.26 Å². The molecule has 3 rings (SSSR count). The molecule has 8 heteroatoms. The molecule has 170 valence electrons. The van der Waals surface area contributed by atoms with Gasteiger partial charge in [-0.05, 0) is 41.8 Å². The van der Waals surface area contributed by atoms with Crippen LogP contribution in [0.5, 0.6) is 5.75 Å². The number of nitriles is 1. The number of aromatic nitrogens is 1. The van der Waals surface area contributed by atoms with Crippen LogP contribution in [0.25, 0.3) is 6.08 Å². The van der Waals surface area contributed by atoms with Crippen LogP contribution in [0, 0.1) is 11.3 Å². The predicted octanol–water partition coefficient (Wildman–Crippen LogP) is 7.16. The molecule has 1 heterocycles. The minimum atomic E-state index is -0.515. The molecule has 1 aromatic heterocycles. The average Bonchev–Trinajstić information content (AvgIpc) is 3.25. The lowest BCUT2D eigenvalue weighted by molar-refractivity contribution is -0.112. The van der Waals surface area contributed by atoms with Gasteiger partial charge in [0, 0.05) is 17.5 Å². The zero-order valence-corrected chi connectivity index (χ0v) is 20.4. The normalized spacial score (nSPS) is 11.2. The molecule has 0 saturated carbocycles. The number of thiazole rings is 1. The van der Waals surface area contributed by atoms with E-state index < -0.39 is 5.91 Å². The number of carbonyl (C=O) groups excluding carboxylic acids is 1. The van der Waals surface area contributed by atoms with E-state index in [1.165, 1.54) is 17.4 Å². The van der Waals surface area contributed by atoms with E-state index in [0.717, 1.165) is 41.0 Å². The molecule has 0 unspecified atom stereocenters. The molecular formula is C25H23Cl2N3O2S. The molecule has 5 nitrogen and oxygen atoms in total. The lowest BCUT2D eigenvalue weighted by Crippen LogP contribution is -2.13. The Balaban J connectivity index is 1.61. The van der Waals surface area contributed by atoms with Gasteiger partial charge in [0.2, 0.25) is 0 Å². The molecule has 0 aliphatic rings. The molecule has 0 aliphatic heterocycles. The molecule has 33 heavy (non-hydrogen) atoms. The number of rotatable bonds is 10. The van der Waals surface area contributed by atoms with E-state index in [1.807, 2.05) is 42.5 Å². The van der Waals surface area contributed by atoms with Crippen molar-refractivity contribution >= 4 is 51.7 Å². The summed E-state index contributed by atoms with van der Waals surface area (Å²) < 4.78 is 5.69. The first kappa shape index (κ1) is 24.8. The average molecular weight is 500 g/mol. The zero-order valence-electron chi connectivity index (χ0n) is 18.1. The van der Waals surface area contributed by atoms with E-state index >= 15 is 0 Å². The van der Waals surface area contributed by atoms with Gasteiger partial charge < -0.3 is 4.74 Å². The second kappa shape index (κ2) is 12.4. The molecule has 3 aromatic rings. The highest BCUT2D eigenvalue weighted by Gasteiger charge is 2.13. The Bertz CT molecular complexity index is 1170. The van der Waals surface area contributed by atoms with Gasteiger partial charge in [0.05, 0.1) is 16.7 Å². The van der Waals surface area contributed by atoms with Gasteiger partial charge >= 0.3 is 0 Å². The summed E-state index contributed by atoms with van der Waals surface area (Å²) in [6, 6.07) is 14.7. The summed E-state index contributed by atoms with van der Waals surface area (Å²) in [6.45, 7) is 2.82. The Morgan fingerprint density at radius 2 is 2.00 bits per heavy atom. The van der Waals surface area contributed by atoms with Crippen molar-refractivity contribution in [3.63, 3.8) is 0 Å². The minimum Gasteiger partial charge on any atom is -0.494 e. The summed E-state index contributed by atoms with van der Waals surface area (Å²) in [6.07, 6.45) is 7.05. The van der Waals surface area contributed by atoms with Crippen LogP contribution in [0.2, 0.25) is 10.0 Å². The van der Waals surface area contributed by atoms with Crippen molar-refractivity contribution in [2.24, 2.45) is 0 Å². The summed E-state index contributed by atoms with van der Waals surface area (Å²) >= 11 is 13.6. The van der Waals surface area contributed by atoms with Gasteiger partial charge in [-0.1, -0.05) is 67.2 Å². The zero-order chi connectivity index (χ0) is 23.6. The fourth-order valence-corrected chi connectivity index (χ4v) is 4.22. The monoisotopic (exact) mass is 499 g/mol. The van der Waals surface area contributed by atoms with Crippen LogP contribution in [0.4, 0.5) is 5.13 Å². The van der Waals surface area contributed by atoms with Crippen LogP contribution in [0.15, 0.2) is 54.2 Å². The van der Waals surface area contributed by atoms with Crippen molar-refractivity contribution < 1.29 is 9.53 Å². The van der Waals surface area contributed by atoms with E-state index in [-0.39, 0.29) is 5.57 Å². The Labute approximate surface area is 207 Å². The summed E-state index contributed by atoms with van der Waals surface area (Å²) in [5.74, 6) is 0.250. The number of anilines is 1. The van der Waals surface area contributed by atoms with Gasteiger partial charge in [0.25, 0.3) is 5.91 Å². The molecule has 0 atom stereocenters. The lowest BCUT2D eigenvalue weighted by Gasteiger charge is -2.06. The van der Waals surface area contributed by atoms with E-state index in [1.54, 1.807) is 12.3 Å². The Kier molecular flexibility index (Phi) is 9.32. The molecule has 1 amide bonds. The van der Waals surface area contributed by atoms with Crippen molar-refractivity contribution in [3.8, 4) is 11.8 Å². The van der Waals surface area contributed by atoms with Crippen molar-refractivity contribution in [2.45, 2.75) is 32.6 Å². The SMILES string of the molecule is CCCCCOc1ccc(/C=C(/C#N)C(=O)Nc2ncc(Cc3cccc(Cl)c3Cl)s2)cc1. The van der Waals surface area contributed by atoms with Crippen molar-refractivity contribution in [2.75, 3.05) is 11.9 Å². The number of nitrogens with zero attached hydrogens (tertiary/aromatic N) is 2. The lowest BCUT2D eigenvalue weighted by atomic mass is 10.1. The Morgan fingerprint density at radius 3 is 2.73 bits per heavy atom. The Hall–Kier alpha value is -2.85. The predicted molar refractivity (Wildman–Crippen MR) is 135 cm³/mol. The molecule has 0 bridgehead atoms. The first-order chi connectivity index (χ1) is 16.0. The summed E-state index contributed by atoms with van der Waals surface area (Å²) in [5, 5.41) is 13.6. The first-order valence-corrected chi connectivity index (χ1v) is 12.1. The summed E-state index contributed by atoms with van der Waals surface area (Å²) in [4.78, 5) is 17.7. The third kappa shape index (κ3) is 7.33. The first-order valence-electron chi connectivity index (χ1n) is 10.5. The topological polar surface area (TPSA) is 75.0 Å². The van der Waals surface area contributed by atoms with Gasteiger partial charge in [-0.3, -0.25) is 10.1 Å². The third-order valence-corrected chi connectivity index (χ3v) is 6.51. The van der Waals surface area contributed by atoms with Gasteiger partial charge in [-0.15, -0.1) is 11.3 Å². The smallest absolute Gasteiger partial charge is 0.268 e. The van der Waals surface area contributed by atoms with Crippen LogP contribution in [0.1, 0.15) is 42.2 Å². The van der Waals surface area contributed by atoms with Crippen LogP contribution < -0.4 is 10.1 Å². The molecule has 0 aliphatic carbocycles. The number of amides is 1. The number of benzene rings is 2. The maximum atomic E-state index is 12.6. The number of carbonyl (C=O) groups is 1. The number of hydrogen-bond acceptors (Lipinski definition) is 5. The maximum Gasteiger partial charge on any atom is 0.268 e. The highest BCUT2D eigenvalue weighted by Crippen LogP contribution is 2.29. The van der Waals surface area contributed by atoms with Crippen LogP contribution in [0.3, 0.4) is 0 Å². The second-order valence-electron chi connectivity index (χ2n) is 7.27. The summed E-state index contributed by atoms with van der Waals surface area (Å²) in [7, 11) is 0. The van der Waals surface area contributed by atoms with Crippen molar-refractivity contribution in [1.82, 2.24) is 4.98 Å². The molecule has 0 fully saturated rings. The molecule has 2 aromatic carbocycles. The molecule has 0 saturated heterocycles. The second-order valence-corrected chi connectivity index (χ2v) is 9.17. The van der Waals surface area contributed by atoms with Gasteiger partial charge in [0.1, 0.15) is 17.4 Å². The van der Waals surface area contributed by atoms with E-state index in [4.69, 9.17) is 27.9 Å². The molecule has 0 spiro atoms. The number of nitrogens with one attached hydrogen (secondary N) is 1. The van der Waals surface area contributed by atoms with Gasteiger partial charge in [-0.2, -0.15) is 5.26 Å². The number of hydrogen-bond donors (Lipinski definition) is 1. The number of halogens is 2. The van der Waals surface area contributed by atoms with Crippen LogP contribution in [-0.4, -0.2) is 17.5 Å². The quantitative estimate of drug-likeness (QED) is 0.182. The third-order valence-electron chi connectivity index (χ3n) is 4.74. The van der Waals surface area contributed by atoms with E-state index in [2.05, 4.69) is 17.2 Å². The molecule has 0 radical (unpaired) electrons. The van der Waals surface area contributed by atoms with Crippen LogP contribution >= 0.6 is 34.5 Å². The number of unbranched alkanes of at least 4 members (excludes halogenated alkanes) is 2. The highest BCUT2D eigenvalue weighted by atomic mass is 35.5. The largest absolute Gasteiger partial charge is 0.494 e. The standard InChI is InChI=1S/C25H23Cl2N3O2S/c1-2-3-4-12-32-20-10-8-17(9-11-20)13-19(15-28)24(31)30-25-29-16-21(33-25)14-18-6-5-7-22(26)23(18)27/h5-11,13,16H,2-4,12,14H2,1H3,(H,29,30,31)/b19-13-. The molecule has 1 N–H and O–H groups in total. The van der Waals surface area contributed by atoms with E-state index in [9.17, 15) is 10.1 Å².